The minimum Gasteiger partial charge on any atom is -0.0625 e. The van der Waals surface area contributed by atoms with E-state index >= 15 is 0 Å². The van der Waals surface area contributed by atoms with E-state index in [4.69, 9.17) is 0 Å². The van der Waals surface area contributed by atoms with E-state index in [0.717, 1.165) is 17.8 Å². The first-order chi connectivity index (χ1) is 5.49. The first-order valence-electron chi connectivity index (χ1n) is 5.49. The molecule has 1 fully saturated rings. The molecule has 0 aromatic heterocycles. The Hall–Kier alpha value is 0. The molecule has 1 aliphatic rings. The molecule has 0 bridgehead atoms. The molecule has 0 amide bonds. The molecule has 1 atom stereocenters. The summed E-state index contributed by atoms with van der Waals surface area (Å²) in [6.07, 6.45) is 4.38. The summed E-state index contributed by atoms with van der Waals surface area (Å²) < 4.78 is 0. The molecule has 0 N–H and O–H groups in total. The van der Waals surface area contributed by atoms with Gasteiger partial charge in [-0.15, -0.1) is 0 Å². The Morgan fingerprint density at radius 3 is 1.75 bits per heavy atom. The van der Waals surface area contributed by atoms with Crippen molar-refractivity contribution < 1.29 is 0 Å². The summed E-state index contributed by atoms with van der Waals surface area (Å²) in [6, 6.07) is 0. The van der Waals surface area contributed by atoms with Gasteiger partial charge in [-0.1, -0.05) is 41.0 Å². The molecule has 0 aromatic rings. The average Bonchev–Trinajstić information content (AvgIpc) is 2.32. The molecule has 1 unspecified atom stereocenters. The predicted molar refractivity (Wildman–Crippen MR) is 55.1 cm³/mol. The van der Waals surface area contributed by atoms with Crippen molar-refractivity contribution in [3.8, 4) is 0 Å². The summed E-state index contributed by atoms with van der Waals surface area (Å²) in [4.78, 5) is 0. The van der Waals surface area contributed by atoms with E-state index in [9.17, 15) is 0 Å². The normalized spacial score (nSPS) is 28.8. The topological polar surface area (TPSA) is 0 Å². The minimum absolute atomic E-state index is 0.666. The lowest BCUT2D eigenvalue weighted by molar-refractivity contribution is 0.115. The van der Waals surface area contributed by atoms with Crippen molar-refractivity contribution in [3.05, 3.63) is 0 Å². The summed E-state index contributed by atoms with van der Waals surface area (Å²) in [6.45, 7) is 12.0. The maximum absolute atomic E-state index is 2.41. The van der Waals surface area contributed by atoms with E-state index in [1.807, 2.05) is 0 Å². The van der Waals surface area contributed by atoms with Crippen LogP contribution in [0.5, 0.6) is 0 Å². The molecule has 1 saturated carbocycles. The van der Waals surface area contributed by atoms with Gasteiger partial charge in [0.1, 0.15) is 0 Å². The van der Waals surface area contributed by atoms with Gasteiger partial charge in [-0.25, -0.2) is 0 Å². The zero-order valence-corrected chi connectivity index (χ0v) is 9.35. The second-order valence-electron chi connectivity index (χ2n) is 5.39. The zero-order valence-electron chi connectivity index (χ0n) is 9.35. The number of hydrogen-bond donors (Lipinski definition) is 0. The highest BCUT2D eigenvalue weighted by Gasteiger charge is 2.41. The monoisotopic (exact) mass is 168 g/mol. The molecule has 1 aliphatic carbocycles. The van der Waals surface area contributed by atoms with Crippen molar-refractivity contribution in [2.45, 2.75) is 53.9 Å². The van der Waals surface area contributed by atoms with Gasteiger partial charge in [0.05, 0.1) is 0 Å². The van der Waals surface area contributed by atoms with Gasteiger partial charge in [0.2, 0.25) is 0 Å². The van der Waals surface area contributed by atoms with Gasteiger partial charge in [-0.3, -0.25) is 0 Å². The zero-order chi connectivity index (χ0) is 9.35. The van der Waals surface area contributed by atoms with Crippen LogP contribution < -0.4 is 0 Å². The Kier molecular flexibility index (Phi) is 2.85. The molecule has 0 spiro atoms. The smallest absolute Gasteiger partial charge is 0.0249 e. The maximum Gasteiger partial charge on any atom is -0.0249 e. The van der Waals surface area contributed by atoms with Crippen molar-refractivity contribution >= 4 is 0 Å². The summed E-state index contributed by atoms with van der Waals surface area (Å²) in [7, 11) is 0. The van der Waals surface area contributed by atoms with Gasteiger partial charge >= 0.3 is 0 Å². The van der Waals surface area contributed by atoms with E-state index < -0.39 is 0 Å². The summed E-state index contributed by atoms with van der Waals surface area (Å²) in [5, 5.41) is 0. The maximum atomic E-state index is 2.41. The molecule has 0 aromatic carbocycles. The molecule has 0 saturated heterocycles. The molecule has 12 heavy (non-hydrogen) atoms. The summed E-state index contributed by atoms with van der Waals surface area (Å²) in [5.74, 6) is 2.69. The largest absolute Gasteiger partial charge is 0.0625 e. The Morgan fingerprint density at radius 2 is 1.58 bits per heavy atom. The van der Waals surface area contributed by atoms with Crippen LogP contribution in [0.4, 0.5) is 0 Å². The van der Waals surface area contributed by atoms with Crippen LogP contribution >= 0.6 is 0 Å². The lowest BCUT2D eigenvalue weighted by Crippen LogP contribution is -2.30. The fourth-order valence-corrected chi connectivity index (χ4v) is 3.08. The highest BCUT2D eigenvalue weighted by Crippen LogP contribution is 2.51. The number of rotatable bonds is 2. The fourth-order valence-electron chi connectivity index (χ4n) is 3.08. The first-order valence-corrected chi connectivity index (χ1v) is 5.49. The third-order valence-electron chi connectivity index (χ3n) is 4.13. The molecule has 0 radical (unpaired) electrons. The summed E-state index contributed by atoms with van der Waals surface area (Å²) >= 11 is 0. The van der Waals surface area contributed by atoms with Gasteiger partial charge in [-0.2, -0.15) is 0 Å². The second kappa shape index (κ2) is 3.40. The van der Waals surface area contributed by atoms with E-state index in [1.54, 1.807) is 0 Å². The number of hydrogen-bond acceptors (Lipinski definition) is 0. The molecule has 72 valence electrons. The lowest BCUT2D eigenvalue weighted by Gasteiger charge is -2.38. The van der Waals surface area contributed by atoms with Crippen LogP contribution in [0.15, 0.2) is 0 Å². The minimum atomic E-state index is 0.666. The van der Waals surface area contributed by atoms with E-state index in [2.05, 4.69) is 34.6 Å². The van der Waals surface area contributed by atoms with Crippen molar-refractivity contribution in [2.75, 3.05) is 0 Å². The standard InChI is InChI=1S/C12H24/c1-9(2)12(10(3)4)7-6-11(5)8-12/h9-11H,6-8H2,1-5H3. The molecule has 0 nitrogen and oxygen atoms in total. The quantitative estimate of drug-likeness (QED) is 0.582. The van der Waals surface area contributed by atoms with E-state index in [-0.39, 0.29) is 0 Å². The third-order valence-corrected chi connectivity index (χ3v) is 4.13. The first kappa shape index (κ1) is 10.1. The molecule has 0 heteroatoms. The predicted octanol–water partition coefficient (Wildman–Crippen LogP) is 4.10. The van der Waals surface area contributed by atoms with Crippen LogP contribution in [0.3, 0.4) is 0 Å². The van der Waals surface area contributed by atoms with Gasteiger partial charge < -0.3 is 0 Å². The summed E-state index contributed by atoms with van der Waals surface area (Å²) in [5.41, 5.74) is 0.666. The Labute approximate surface area is 77.7 Å². The molecular formula is C12H24. The van der Waals surface area contributed by atoms with Crippen LogP contribution in [0.25, 0.3) is 0 Å². The van der Waals surface area contributed by atoms with Gasteiger partial charge in [-0.05, 0) is 36.0 Å². The Morgan fingerprint density at radius 1 is 1.08 bits per heavy atom. The van der Waals surface area contributed by atoms with Gasteiger partial charge in [0.15, 0.2) is 0 Å². The van der Waals surface area contributed by atoms with Gasteiger partial charge in [0.25, 0.3) is 0 Å². The molecular weight excluding hydrogens is 144 g/mol. The highest BCUT2D eigenvalue weighted by molar-refractivity contribution is 4.92. The van der Waals surface area contributed by atoms with Crippen LogP contribution in [0.2, 0.25) is 0 Å². The van der Waals surface area contributed by atoms with Crippen LogP contribution in [-0.4, -0.2) is 0 Å². The van der Waals surface area contributed by atoms with Crippen molar-refractivity contribution in [2.24, 2.45) is 23.2 Å². The Bertz CT molecular complexity index is 136. The van der Waals surface area contributed by atoms with E-state index in [0.29, 0.717) is 5.41 Å². The van der Waals surface area contributed by atoms with Crippen LogP contribution in [-0.2, 0) is 0 Å². The average molecular weight is 168 g/mol. The SMILES string of the molecule is CC1CCC(C(C)C)(C(C)C)C1. The lowest BCUT2D eigenvalue weighted by atomic mass is 9.67. The molecule has 0 heterocycles. The third kappa shape index (κ3) is 1.53. The van der Waals surface area contributed by atoms with Gasteiger partial charge in [0, 0.05) is 0 Å². The fraction of sp³-hybridized carbons (Fsp3) is 1.00. The molecule has 1 rings (SSSR count). The van der Waals surface area contributed by atoms with Crippen molar-refractivity contribution in [3.63, 3.8) is 0 Å². The van der Waals surface area contributed by atoms with Crippen molar-refractivity contribution in [1.82, 2.24) is 0 Å². The van der Waals surface area contributed by atoms with E-state index in [1.165, 1.54) is 19.3 Å². The van der Waals surface area contributed by atoms with Crippen LogP contribution in [0.1, 0.15) is 53.9 Å². The Balaban J connectivity index is 2.75. The van der Waals surface area contributed by atoms with Crippen LogP contribution in [0, 0.1) is 23.2 Å². The highest BCUT2D eigenvalue weighted by atomic mass is 14.5. The van der Waals surface area contributed by atoms with Crippen molar-refractivity contribution in [1.29, 1.82) is 0 Å². The second-order valence-corrected chi connectivity index (χ2v) is 5.39. The molecule has 0 aliphatic heterocycles.